The van der Waals surface area contributed by atoms with Gasteiger partial charge in [-0.2, -0.15) is 0 Å². The molecule has 8 nitrogen and oxygen atoms in total. The summed E-state index contributed by atoms with van der Waals surface area (Å²) in [6, 6.07) is 9.44. The second kappa shape index (κ2) is 10.2. The van der Waals surface area contributed by atoms with Crippen LogP contribution >= 0.6 is 0 Å². The summed E-state index contributed by atoms with van der Waals surface area (Å²) in [6.07, 6.45) is 7.90. The first-order chi connectivity index (χ1) is 15.2. The topological polar surface area (TPSA) is 73.0 Å². The Morgan fingerprint density at radius 1 is 1.16 bits per heavy atom. The van der Waals surface area contributed by atoms with Gasteiger partial charge >= 0.3 is 0 Å². The predicted molar refractivity (Wildman–Crippen MR) is 115 cm³/mol. The van der Waals surface area contributed by atoms with Crippen LogP contribution < -0.4 is 9.47 Å². The highest BCUT2D eigenvalue weighted by atomic mass is 16.5. The molecule has 0 aliphatic carbocycles. The highest BCUT2D eigenvalue weighted by Crippen LogP contribution is 2.32. The molecule has 8 heteroatoms. The summed E-state index contributed by atoms with van der Waals surface area (Å²) in [5, 5.41) is 0. The summed E-state index contributed by atoms with van der Waals surface area (Å²) in [6.45, 7) is 5.06. The lowest BCUT2D eigenvalue weighted by molar-refractivity contribution is 0.0729. The molecule has 31 heavy (non-hydrogen) atoms. The molecule has 0 N–H and O–H groups in total. The number of carbonyl (C=O) groups excluding carboxylic acids is 1. The Labute approximate surface area is 182 Å². The number of nitrogens with zero attached hydrogens (tertiary/aromatic N) is 4. The number of aromatic nitrogens is 2. The summed E-state index contributed by atoms with van der Waals surface area (Å²) in [7, 11) is 1.66. The number of furan rings is 1. The Hall–Kier alpha value is -3.26. The quantitative estimate of drug-likeness (QED) is 0.554. The minimum absolute atomic E-state index is 0.0447. The van der Waals surface area contributed by atoms with Crippen LogP contribution in [0.3, 0.4) is 0 Å². The molecule has 2 aromatic heterocycles. The van der Waals surface area contributed by atoms with E-state index < -0.39 is 0 Å². The van der Waals surface area contributed by atoms with Gasteiger partial charge in [0.15, 0.2) is 17.3 Å². The number of carbonyl (C=O) groups is 1. The van der Waals surface area contributed by atoms with E-state index >= 15 is 0 Å². The van der Waals surface area contributed by atoms with Crippen LogP contribution in [0.2, 0.25) is 0 Å². The summed E-state index contributed by atoms with van der Waals surface area (Å²) in [5.41, 5.74) is 1.08. The lowest BCUT2D eigenvalue weighted by Crippen LogP contribution is -2.35. The SMILES string of the molecule is COc1cccc(CN2CCCN(C(=O)c3ccco3)CC2)c1OCCn1ccnc1. The smallest absolute Gasteiger partial charge is 0.289 e. The van der Waals surface area contributed by atoms with E-state index in [-0.39, 0.29) is 5.91 Å². The Morgan fingerprint density at radius 2 is 2.10 bits per heavy atom. The fourth-order valence-corrected chi connectivity index (χ4v) is 3.81. The third-order valence-corrected chi connectivity index (χ3v) is 5.44. The molecule has 0 saturated carbocycles. The third kappa shape index (κ3) is 5.27. The van der Waals surface area contributed by atoms with Gasteiger partial charge in [-0.05, 0) is 24.6 Å². The van der Waals surface area contributed by atoms with Crippen molar-refractivity contribution in [2.24, 2.45) is 0 Å². The van der Waals surface area contributed by atoms with Crippen LogP contribution in [-0.2, 0) is 13.1 Å². The Morgan fingerprint density at radius 3 is 2.87 bits per heavy atom. The molecule has 1 amide bonds. The van der Waals surface area contributed by atoms with E-state index in [1.165, 1.54) is 6.26 Å². The van der Waals surface area contributed by atoms with Crippen molar-refractivity contribution in [3.8, 4) is 11.5 Å². The first-order valence-corrected chi connectivity index (χ1v) is 10.5. The number of amides is 1. The highest BCUT2D eigenvalue weighted by molar-refractivity contribution is 5.91. The van der Waals surface area contributed by atoms with E-state index in [0.717, 1.165) is 49.7 Å². The van der Waals surface area contributed by atoms with Crippen LogP contribution in [0.25, 0.3) is 0 Å². The van der Waals surface area contributed by atoms with Crippen molar-refractivity contribution < 1.29 is 18.7 Å². The minimum Gasteiger partial charge on any atom is -0.493 e. The minimum atomic E-state index is -0.0447. The molecular weight excluding hydrogens is 396 g/mol. The van der Waals surface area contributed by atoms with Crippen LogP contribution in [0.1, 0.15) is 22.5 Å². The van der Waals surface area contributed by atoms with Crippen molar-refractivity contribution in [3.63, 3.8) is 0 Å². The van der Waals surface area contributed by atoms with Crippen LogP contribution in [0.5, 0.6) is 11.5 Å². The Balaban J connectivity index is 1.39. The van der Waals surface area contributed by atoms with Crippen molar-refractivity contribution in [2.45, 2.75) is 19.5 Å². The zero-order valence-electron chi connectivity index (χ0n) is 17.8. The van der Waals surface area contributed by atoms with Gasteiger partial charge < -0.3 is 23.4 Å². The number of benzene rings is 1. The molecule has 3 aromatic rings. The van der Waals surface area contributed by atoms with Gasteiger partial charge in [0.2, 0.25) is 0 Å². The van der Waals surface area contributed by atoms with Crippen molar-refractivity contribution in [1.29, 1.82) is 0 Å². The van der Waals surface area contributed by atoms with E-state index in [4.69, 9.17) is 13.9 Å². The molecule has 1 aliphatic rings. The molecule has 1 saturated heterocycles. The van der Waals surface area contributed by atoms with Crippen molar-refractivity contribution in [2.75, 3.05) is 39.9 Å². The Kier molecular flexibility index (Phi) is 6.89. The molecule has 0 atom stereocenters. The molecule has 0 spiro atoms. The van der Waals surface area contributed by atoms with Crippen LogP contribution in [0.15, 0.2) is 59.7 Å². The van der Waals surface area contributed by atoms with E-state index in [9.17, 15) is 4.79 Å². The maximum absolute atomic E-state index is 12.6. The third-order valence-electron chi connectivity index (χ3n) is 5.44. The fraction of sp³-hybridized carbons (Fsp3) is 0.391. The largest absolute Gasteiger partial charge is 0.493 e. The summed E-state index contributed by atoms with van der Waals surface area (Å²) < 4.78 is 18.9. The van der Waals surface area contributed by atoms with E-state index in [1.807, 2.05) is 27.8 Å². The van der Waals surface area contributed by atoms with Gasteiger partial charge in [-0.25, -0.2) is 4.98 Å². The molecule has 164 valence electrons. The van der Waals surface area contributed by atoms with Gasteiger partial charge in [0.1, 0.15) is 6.61 Å². The maximum atomic E-state index is 12.6. The van der Waals surface area contributed by atoms with Gasteiger partial charge in [-0.3, -0.25) is 9.69 Å². The maximum Gasteiger partial charge on any atom is 0.289 e. The molecule has 0 unspecified atom stereocenters. The number of ether oxygens (including phenoxy) is 2. The van der Waals surface area contributed by atoms with E-state index in [1.54, 1.807) is 31.8 Å². The van der Waals surface area contributed by atoms with E-state index in [0.29, 0.717) is 25.5 Å². The molecule has 3 heterocycles. The van der Waals surface area contributed by atoms with Gasteiger partial charge in [-0.15, -0.1) is 0 Å². The fourth-order valence-electron chi connectivity index (χ4n) is 3.81. The molecule has 0 bridgehead atoms. The average Bonchev–Trinajstić information content (AvgIpc) is 3.46. The molecule has 1 fully saturated rings. The molecule has 1 aliphatic heterocycles. The van der Waals surface area contributed by atoms with Crippen molar-refractivity contribution >= 4 is 5.91 Å². The van der Waals surface area contributed by atoms with Gasteiger partial charge in [0, 0.05) is 50.7 Å². The average molecular weight is 425 g/mol. The standard InChI is InChI=1S/C23H28N4O4/c1-29-20-6-2-5-19(22(20)31-16-14-26-11-8-24-18-26)17-25-9-4-10-27(13-12-25)23(28)21-7-3-15-30-21/h2-3,5-8,11,15,18H,4,9-10,12-14,16-17H2,1H3. The second-order valence-corrected chi connectivity index (χ2v) is 7.50. The van der Waals surface area contributed by atoms with Gasteiger partial charge in [-0.1, -0.05) is 12.1 Å². The van der Waals surface area contributed by atoms with Crippen LogP contribution in [-0.4, -0.2) is 65.2 Å². The Bertz CT molecular complexity index is 956. The van der Waals surface area contributed by atoms with E-state index in [2.05, 4.69) is 16.0 Å². The summed E-state index contributed by atoms with van der Waals surface area (Å²) in [5.74, 6) is 1.86. The van der Waals surface area contributed by atoms with Crippen molar-refractivity contribution in [1.82, 2.24) is 19.4 Å². The lowest BCUT2D eigenvalue weighted by Gasteiger charge is -2.23. The molecule has 4 rings (SSSR count). The summed E-state index contributed by atoms with van der Waals surface area (Å²) >= 11 is 0. The number of methoxy groups -OCH3 is 1. The summed E-state index contributed by atoms with van der Waals surface area (Å²) in [4.78, 5) is 20.9. The van der Waals surface area contributed by atoms with Crippen LogP contribution in [0.4, 0.5) is 0 Å². The number of rotatable bonds is 8. The molecular formula is C23H28N4O4. The number of hydrogen-bond acceptors (Lipinski definition) is 6. The molecule has 0 radical (unpaired) electrons. The number of imidazole rings is 1. The van der Waals surface area contributed by atoms with Crippen LogP contribution in [0, 0.1) is 0 Å². The predicted octanol–water partition coefficient (Wildman–Crippen LogP) is 2.91. The zero-order chi connectivity index (χ0) is 21.5. The number of para-hydroxylation sites is 1. The van der Waals surface area contributed by atoms with Gasteiger partial charge in [0.25, 0.3) is 5.91 Å². The first-order valence-electron chi connectivity index (χ1n) is 10.5. The lowest BCUT2D eigenvalue weighted by atomic mass is 10.1. The normalized spacial score (nSPS) is 14.9. The first kappa shape index (κ1) is 21.0. The zero-order valence-corrected chi connectivity index (χ0v) is 17.8. The number of hydrogen-bond donors (Lipinski definition) is 0. The molecule has 1 aromatic carbocycles. The van der Waals surface area contributed by atoms with Gasteiger partial charge in [0.05, 0.1) is 26.2 Å². The highest BCUT2D eigenvalue weighted by Gasteiger charge is 2.23. The monoisotopic (exact) mass is 424 g/mol. The van der Waals surface area contributed by atoms with Crippen molar-refractivity contribution in [3.05, 3.63) is 66.6 Å². The second-order valence-electron chi connectivity index (χ2n) is 7.50.